The fourth-order valence-electron chi connectivity index (χ4n) is 3.73. The van der Waals surface area contributed by atoms with E-state index >= 15 is 0 Å². The van der Waals surface area contributed by atoms with Crippen molar-refractivity contribution < 1.29 is 9.18 Å². The van der Waals surface area contributed by atoms with Crippen LogP contribution in [-0.2, 0) is 7.05 Å². The van der Waals surface area contributed by atoms with Crippen LogP contribution in [0.2, 0.25) is 0 Å². The van der Waals surface area contributed by atoms with Gasteiger partial charge in [-0.15, -0.1) is 0 Å². The number of carbonyl (C=O) groups excluding carboxylic acids is 1. The second-order valence-electron chi connectivity index (χ2n) is 7.40. The molecule has 1 saturated heterocycles. The van der Waals surface area contributed by atoms with Crippen molar-refractivity contribution in [3.8, 4) is 11.1 Å². The lowest BCUT2D eigenvalue weighted by Gasteiger charge is -2.26. The number of aryl methyl sites for hydroxylation is 1. The lowest BCUT2D eigenvalue weighted by atomic mass is 9.99. The summed E-state index contributed by atoms with van der Waals surface area (Å²) >= 11 is 0. The van der Waals surface area contributed by atoms with E-state index in [9.17, 15) is 9.18 Å². The molecule has 3 heterocycles. The number of hydrogen-bond donors (Lipinski definition) is 0. The van der Waals surface area contributed by atoms with Crippen LogP contribution in [0.1, 0.15) is 34.9 Å². The minimum Gasteiger partial charge on any atom is -0.347 e. The van der Waals surface area contributed by atoms with Gasteiger partial charge in [-0.05, 0) is 18.9 Å². The number of nitrogens with zero attached hydrogens (tertiary/aromatic N) is 6. The summed E-state index contributed by atoms with van der Waals surface area (Å²) in [6.07, 6.45) is 6.55. The molecule has 1 amide bonds. The van der Waals surface area contributed by atoms with E-state index in [1.807, 2.05) is 19.0 Å². The van der Waals surface area contributed by atoms with Crippen molar-refractivity contribution >= 4 is 11.9 Å². The second-order valence-corrected chi connectivity index (χ2v) is 7.40. The molecule has 0 bridgehead atoms. The Hall–Kier alpha value is -3.29. The van der Waals surface area contributed by atoms with Crippen molar-refractivity contribution in [3.05, 3.63) is 59.9 Å². The van der Waals surface area contributed by atoms with E-state index in [2.05, 4.69) is 10.1 Å². The first kappa shape index (κ1) is 19.0. The predicted molar refractivity (Wildman–Crippen MR) is 108 cm³/mol. The third-order valence-electron chi connectivity index (χ3n) is 5.15. The minimum atomic E-state index is -0.335. The first-order chi connectivity index (χ1) is 14.0. The largest absolute Gasteiger partial charge is 0.347 e. The number of likely N-dealkylation sites (tertiary alicyclic amines) is 1. The minimum absolute atomic E-state index is 0.0925. The Balaban J connectivity index is 1.80. The summed E-state index contributed by atoms with van der Waals surface area (Å²) in [6.45, 7) is 0.621. The molecular weight excluding hydrogens is 371 g/mol. The Labute approximate surface area is 168 Å². The van der Waals surface area contributed by atoms with Crippen molar-refractivity contribution in [2.45, 2.75) is 18.9 Å². The van der Waals surface area contributed by atoms with Gasteiger partial charge in [-0.1, -0.05) is 18.2 Å². The number of anilines is 1. The highest BCUT2D eigenvalue weighted by Crippen LogP contribution is 2.38. The zero-order valence-corrected chi connectivity index (χ0v) is 16.7. The maximum Gasteiger partial charge on any atom is 0.257 e. The molecule has 1 atom stereocenters. The van der Waals surface area contributed by atoms with Crippen LogP contribution in [-0.4, -0.2) is 51.2 Å². The van der Waals surface area contributed by atoms with Crippen LogP contribution in [0.5, 0.6) is 0 Å². The van der Waals surface area contributed by atoms with E-state index in [1.165, 1.54) is 6.07 Å². The molecule has 1 fully saturated rings. The van der Waals surface area contributed by atoms with Gasteiger partial charge in [0, 0.05) is 51.2 Å². The topological polar surface area (TPSA) is 67.2 Å². The van der Waals surface area contributed by atoms with E-state index in [0.29, 0.717) is 34.9 Å². The van der Waals surface area contributed by atoms with Crippen LogP contribution >= 0.6 is 0 Å². The number of halogens is 1. The van der Waals surface area contributed by atoms with Crippen LogP contribution in [0, 0.1) is 5.82 Å². The number of aromatic nitrogens is 4. The number of carbonyl (C=O) groups is 1. The third-order valence-corrected chi connectivity index (χ3v) is 5.15. The van der Waals surface area contributed by atoms with Gasteiger partial charge in [-0.2, -0.15) is 5.10 Å². The van der Waals surface area contributed by atoms with E-state index in [-0.39, 0.29) is 17.8 Å². The Kier molecular flexibility index (Phi) is 5.00. The summed E-state index contributed by atoms with van der Waals surface area (Å²) in [5.74, 6) is 0.101. The highest BCUT2D eigenvalue weighted by atomic mass is 19.1. The Morgan fingerprint density at radius 2 is 2.00 bits per heavy atom. The summed E-state index contributed by atoms with van der Waals surface area (Å²) in [7, 11) is 5.49. The maximum atomic E-state index is 14.6. The smallest absolute Gasteiger partial charge is 0.257 e. The van der Waals surface area contributed by atoms with Crippen molar-refractivity contribution in [2.75, 3.05) is 25.5 Å². The molecular formula is C21H23FN6O. The molecule has 29 heavy (non-hydrogen) atoms. The standard InChI is InChI=1S/C21H23FN6O/c1-26(2)21-23-12-16(15-7-4-5-8-17(15)22)19(25-21)18-9-6-10-28(18)20(29)14-11-24-27(3)13-14/h4-5,7-8,11-13,18H,6,9-10H2,1-3H3/t18-/m0/s1. The highest BCUT2D eigenvalue weighted by Gasteiger charge is 2.34. The highest BCUT2D eigenvalue weighted by molar-refractivity contribution is 5.94. The molecule has 7 nitrogen and oxygen atoms in total. The van der Waals surface area contributed by atoms with E-state index in [0.717, 1.165) is 12.8 Å². The summed E-state index contributed by atoms with van der Waals surface area (Å²) in [5.41, 5.74) is 2.26. The van der Waals surface area contributed by atoms with Gasteiger partial charge < -0.3 is 9.80 Å². The van der Waals surface area contributed by atoms with Crippen LogP contribution in [0.4, 0.5) is 10.3 Å². The number of hydrogen-bond acceptors (Lipinski definition) is 5. The van der Waals surface area contributed by atoms with Crippen LogP contribution < -0.4 is 4.90 Å². The van der Waals surface area contributed by atoms with Crippen molar-refractivity contribution in [1.29, 1.82) is 0 Å². The van der Waals surface area contributed by atoms with Gasteiger partial charge in [0.15, 0.2) is 0 Å². The molecule has 0 N–H and O–H groups in total. The molecule has 0 aliphatic carbocycles. The van der Waals surface area contributed by atoms with Gasteiger partial charge in [0.05, 0.1) is 23.5 Å². The van der Waals surface area contributed by atoms with Gasteiger partial charge >= 0.3 is 0 Å². The average Bonchev–Trinajstić information content (AvgIpc) is 3.36. The summed E-state index contributed by atoms with van der Waals surface area (Å²) < 4.78 is 16.2. The third kappa shape index (κ3) is 3.57. The summed E-state index contributed by atoms with van der Waals surface area (Å²) in [5, 5.41) is 4.11. The molecule has 1 aliphatic rings. The summed E-state index contributed by atoms with van der Waals surface area (Å²) in [6, 6.07) is 6.33. The second kappa shape index (κ2) is 7.62. The molecule has 0 radical (unpaired) electrons. The maximum absolute atomic E-state index is 14.6. The Morgan fingerprint density at radius 3 is 2.69 bits per heavy atom. The quantitative estimate of drug-likeness (QED) is 0.680. The molecule has 0 saturated carbocycles. The van der Waals surface area contributed by atoms with Crippen LogP contribution in [0.3, 0.4) is 0 Å². The fourth-order valence-corrected chi connectivity index (χ4v) is 3.73. The van der Waals surface area contributed by atoms with Crippen molar-refractivity contribution in [3.63, 3.8) is 0 Å². The molecule has 0 spiro atoms. The zero-order valence-electron chi connectivity index (χ0n) is 16.7. The lowest BCUT2D eigenvalue weighted by molar-refractivity contribution is 0.0733. The fraction of sp³-hybridized carbons (Fsp3) is 0.333. The predicted octanol–water partition coefficient (Wildman–Crippen LogP) is 3.06. The molecule has 3 aromatic rings. The number of amides is 1. The van der Waals surface area contributed by atoms with Gasteiger partial charge in [-0.3, -0.25) is 9.48 Å². The summed E-state index contributed by atoms with van der Waals surface area (Å²) in [4.78, 5) is 25.9. The Morgan fingerprint density at radius 1 is 1.21 bits per heavy atom. The zero-order chi connectivity index (χ0) is 20.5. The SMILES string of the molecule is CN(C)c1ncc(-c2ccccc2F)c([C@@H]2CCCN2C(=O)c2cnn(C)c2)n1. The van der Waals surface area contributed by atoms with Crippen LogP contribution in [0.25, 0.3) is 11.1 Å². The van der Waals surface area contributed by atoms with Gasteiger partial charge in [0.25, 0.3) is 5.91 Å². The molecule has 1 aliphatic heterocycles. The van der Waals surface area contributed by atoms with Crippen molar-refractivity contribution in [2.24, 2.45) is 7.05 Å². The molecule has 8 heteroatoms. The molecule has 4 rings (SSSR count). The first-order valence-electron chi connectivity index (χ1n) is 9.54. The van der Waals surface area contributed by atoms with Gasteiger partial charge in [-0.25, -0.2) is 14.4 Å². The lowest BCUT2D eigenvalue weighted by Crippen LogP contribution is -2.31. The number of rotatable bonds is 4. The van der Waals surface area contributed by atoms with Crippen molar-refractivity contribution in [1.82, 2.24) is 24.6 Å². The normalized spacial score (nSPS) is 16.3. The molecule has 2 aromatic heterocycles. The van der Waals surface area contributed by atoms with Gasteiger partial charge in [0.1, 0.15) is 5.82 Å². The number of benzene rings is 1. The molecule has 0 unspecified atom stereocenters. The van der Waals surface area contributed by atoms with E-state index < -0.39 is 0 Å². The van der Waals surface area contributed by atoms with Crippen LogP contribution in [0.15, 0.2) is 42.9 Å². The van der Waals surface area contributed by atoms with E-state index in [1.54, 1.807) is 53.4 Å². The average molecular weight is 394 g/mol. The van der Waals surface area contributed by atoms with Gasteiger partial charge in [0.2, 0.25) is 5.95 Å². The first-order valence-corrected chi connectivity index (χ1v) is 9.54. The molecule has 150 valence electrons. The van der Waals surface area contributed by atoms with E-state index in [4.69, 9.17) is 4.98 Å². The monoisotopic (exact) mass is 394 g/mol. The molecule has 1 aromatic carbocycles. The Bertz CT molecular complexity index is 1050.